The number of hydrogen-bond donors (Lipinski definition) is 5. The zero-order chi connectivity index (χ0) is 14.2. The summed E-state index contributed by atoms with van der Waals surface area (Å²) in [6, 6.07) is 0. The lowest BCUT2D eigenvalue weighted by molar-refractivity contribution is -0.0549. The van der Waals surface area contributed by atoms with Crippen molar-refractivity contribution in [1.29, 1.82) is 0 Å². The van der Waals surface area contributed by atoms with Gasteiger partial charge in [0.15, 0.2) is 6.23 Å². The van der Waals surface area contributed by atoms with Crippen molar-refractivity contribution in [2.24, 2.45) is 0 Å². The lowest BCUT2D eigenvalue weighted by atomic mass is 10.1. The number of H-pyrrole nitrogens is 1. The molecule has 19 heavy (non-hydrogen) atoms. The quantitative estimate of drug-likeness (QED) is 0.401. The predicted octanol–water partition coefficient (Wildman–Crippen LogP) is -2.81. The van der Waals surface area contributed by atoms with Crippen LogP contribution >= 0.6 is 0 Å². The van der Waals surface area contributed by atoms with E-state index >= 15 is 0 Å². The smallest absolute Gasteiger partial charge is 0.330 e. The molecule has 1 aliphatic heterocycles. The first kappa shape index (κ1) is 13.7. The fourth-order valence-corrected chi connectivity index (χ4v) is 1.96. The van der Waals surface area contributed by atoms with Crippen molar-refractivity contribution >= 4 is 5.69 Å². The van der Waals surface area contributed by atoms with Gasteiger partial charge in [0.1, 0.15) is 24.0 Å². The molecule has 1 aromatic rings. The number of rotatable bonds is 3. The van der Waals surface area contributed by atoms with Crippen LogP contribution in [0.25, 0.3) is 0 Å². The van der Waals surface area contributed by atoms with Gasteiger partial charge in [0.25, 0.3) is 5.56 Å². The first-order valence-corrected chi connectivity index (χ1v) is 5.65. The molecule has 0 aliphatic carbocycles. The summed E-state index contributed by atoms with van der Waals surface area (Å²) in [5.41, 5.74) is -1.27. The van der Waals surface area contributed by atoms with E-state index in [1.165, 1.54) is 13.2 Å². The summed E-state index contributed by atoms with van der Waals surface area (Å²) >= 11 is 0. The first-order valence-electron chi connectivity index (χ1n) is 5.65. The maximum absolute atomic E-state index is 11.7. The highest BCUT2D eigenvalue weighted by Gasteiger charge is 2.43. The van der Waals surface area contributed by atoms with Crippen LogP contribution in [0.3, 0.4) is 0 Å². The molecule has 0 amide bonds. The van der Waals surface area contributed by atoms with Crippen molar-refractivity contribution in [2.45, 2.75) is 24.5 Å². The van der Waals surface area contributed by atoms with Gasteiger partial charge >= 0.3 is 5.69 Å². The van der Waals surface area contributed by atoms with Crippen molar-refractivity contribution in [2.75, 3.05) is 19.0 Å². The Balaban J connectivity index is 2.43. The molecule has 0 aromatic carbocycles. The topological polar surface area (TPSA) is 137 Å². The highest BCUT2D eigenvalue weighted by atomic mass is 16.6. The van der Waals surface area contributed by atoms with Crippen molar-refractivity contribution < 1.29 is 20.1 Å². The Morgan fingerprint density at radius 3 is 2.63 bits per heavy atom. The molecule has 1 fully saturated rings. The number of anilines is 1. The number of nitrogens with zero attached hydrogens (tertiary/aromatic N) is 1. The number of ether oxygens (including phenoxy) is 1. The maximum atomic E-state index is 11.7. The van der Waals surface area contributed by atoms with Gasteiger partial charge < -0.3 is 25.4 Å². The maximum Gasteiger partial charge on any atom is 0.330 e. The summed E-state index contributed by atoms with van der Waals surface area (Å²) in [6.45, 7) is -0.494. The third kappa shape index (κ3) is 2.28. The highest BCUT2D eigenvalue weighted by molar-refractivity contribution is 5.36. The Labute approximate surface area is 107 Å². The standard InChI is InChI=1S/C10H15N3O6/c1-11-4-2-13(10(18)12-8(4)17)9-7(16)6(15)5(3-14)19-9/h2,5-7,9,11,14-16H,3H2,1H3,(H,12,17,18). The molecule has 1 aliphatic rings. The fraction of sp³-hybridized carbons (Fsp3) is 0.600. The molecular weight excluding hydrogens is 258 g/mol. The summed E-state index contributed by atoms with van der Waals surface area (Å²) in [7, 11) is 1.50. The molecule has 2 heterocycles. The van der Waals surface area contributed by atoms with E-state index in [9.17, 15) is 19.8 Å². The number of hydrogen-bond acceptors (Lipinski definition) is 7. The number of aromatic nitrogens is 2. The van der Waals surface area contributed by atoms with Gasteiger partial charge in [0.2, 0.25) is 0 Å². The first-order chi connectivity index (χ1) is 8.99. The van der Waals surface area contributed by atoms with E-state index in [1.807, 2.05) is 0 Å². The highest BCUT2D eigenvalue weighted by Crippen LogP contribution is 2.28. The minimum Gasteiger partial charge on any atom is -0.394 e. The molecule has 4 unspecified atom stereocenters. The van der Waals surface area contributed by atoms with E-state index in [1.54, 1.807) is 0 Å². The van der Waals surface area contributed by atoms with Crippen LogP contribution in [0.5, 0.6) is 0 Å². The predicted molar refractivity (Wildman–Crippen MR) is 63.9 cm³/mol. The third-order valence-electron chi connectivity index (χ3n) is 3.03. The molecule has 9 heteroatoms. The lowest BCUT2D eigenvalue weighted by Gasteiger charge is -2.17. The average molecular weight is 273 g/mol. The van der Waals surface area contributed by atoms with E-state index in [2.05, 4.69) is 10.3 Å². The Morgan fingerprint density at radius 2 is 2.11 bits per heavy atom. The van der Waals surface area contributed by atoms with E-state index in [-0.39, 0.29) is 5.69 Å². The number of aliphatic hydroxyl groups is 3. The minimum absolute atomic E-state index is 0.109. The van der Waals surface area contributed by atoms with Crippen LogP contribution in [0, 0.1) is 0 Å². The van der Waals surface area contributed by atoms with E-state index in [0.29, 0.717) is 0 Å². The number of aromatic amines is 1. The van der Waals surface area contributed by atoms with Crippen molar-refractivity contribution in [3.63, 3.8) is 0 Å². The van der Waals surface area contributed by atoms with Crippen molar-refractivity contribution in [3.05, 3.63) is 27.0 Å². The molecule has 106 valence electrons. The van der Waals surface area contributed by atoms with Gasteiger partial charge in [-0.25, -0.2) is 4.79 Å². The Bertz CT molecular complexity index is 567. The molecule has 0 bridgehead atoms. The van der Waals surface area contributed by atoms with E-state index in [4.69, 9.17) is 9.84 Å². The number of aliphatic hydroxyl groups excluding tert-OH is 3. The van der Waals surface area contributed by atoms with Gasteiger partial charge in [-0.3, -0.25) is 14.3 Å². The third-order valence-corrected chi connectivity index (χ3v) is 3.03. The monoisotopic (exact) mass is 273 g/mol. The van der Waals surface area contributed by atoms with Crippen LogP contribution in [0.4, 0.5) is 5.69 Å². The van der Waals surface area contributed by atoms with Crippen LogP contribution in [-0.2, 0) is 4.74 Å². The van der Waals surface area contributed by atoms with Gasteiger partial charge in [-0.1, -0.05) is 0 Å². The zero-order valence-electron chi connectivity index (χ0n) is 10.1. The van der Waals surface area contributed by atoms with E-state index in [0.717, 1.165) is 4.57 Å². The van der Waals surface area contributed by atoms with Crippen LogP contribution in [0.1, 0.15) is 6.23 Å². The SMILES string of the molecule is CNc1cn(C2OC(CO)C(O)C2O)c(=O)[nH]c1=O. The Hall–Kier alpha value is -1.68. The largest absolute Gasteiger partial charge is 0.394 e. The Kier molecular flexibility index (Phi) is 3.71. The van der Waals surface area contributed by atoms with Crippen LogP contribution in [0.15, 0.2) is 15.8 Å². The average Bonchev–Trinajstić information content (AvgIpc) is 2.67. The fourth-order valence-electron chi connectivity index (χ4n) is 1.96. The van der Waals surface area contributed by atoms with E-state index < -0.39 is 42.4 Å². The second-order valence-electron chi connectivity index (χ2n) is 4.19. The molecule has 9 nitrogen and oxygen atoms in total. The van der Waals surface area contributed by atoms with Crippen LogP contribution in [0.2, 0.25) is 0 Å². The van der Waals surface area contributed by atoms with Gasteiger partial charge in [-0.15, -0.1) is 0 Å². The molecule has 0 saturated carbocycles. The van der Waals surface area contributed by atoms with Gasteiger partial charge in [0, 0.05) is 13.2 Å². The molecule has 4 atom stereocenters. The van der Waals surface area contributed by atoms with Crippen LogP contribution in [-0.4, -0.2) is 56.8 Å². The molecule has 5 N–H and O–H groups in total. The van der Waals surface area contributed by atoms with Gasteiger partial charge in [-0.05, 0) is 0 Å². The number of nitrogens with one attached hydrogen (secondary N) is 2. The van der Waals surface area contributed by atoms with Crippen molar-refractivity contribution in [3.8, 4) is 0 Å². The second-order valence-corrected chi connectivity index (χ2v) is 4.19. The minimum atomic E-state index is -1.38. The lowest BCUT2D eigenvalue weighted by Crippen LogP contribution is -2.38. The molecule has 1 saturated heterocycles. The Morgan fingerprint density at radius 1 is 1.42 bits per heavy atom. The van der Waals surface area contributed by atoms with Gasteiger partial charge in [-0.2, -0.15) is 0 Å². The molecule has 2 rings (SSSR count). The van der Waals surface area contributed by atoms with Crippen LogP contribution < -0.4 is 16.6 Å². The molecule has 0 radical (unpaired) electrons. The van der Waals surface area contributed by atoms with Gasteiger partial charge in [0.05, 0.1) is 6.61 Å². The summed E-state index contributed by atoms with van der Waals surface area (Å²) in [5, 5.41) is 31.0. The molecule has 0 spiro atoms. The summed E-state index contributed by atoms with van der Waals surface area (Å²) in [4.78, 5) is 25.1. The summed E-state index contributed by atoms with van der Waals surface area (Å²) in [5.74, 6) is 0. The zero-order valence-corrected chi connectivity index (χ0v) is 10.1. The second kappa shape index (κ2) is 5.13. The summed E-state index contributed by atoms with van der Waals surface area (Å²) < 4.78 is 6.16. The van der Waals surface area contributed by atoms with Crippen molar-refractivity contribution in [1.82, 2.24) is 9.55 Å². The molecular formula is C10H15N3O6. The normalized spacial score (nSPS) is 30.5. The molecule has 1 aromatic heterocycles. The summed E-state index contributed by atoms with van der Waals surface area (Å²) in [6.07, 6.45) is -3.68.